The van der Waals surface area contributed by atoms with Crippen LogP contribution in [0.2, 0.25) is 0 Å². The summed E-state index contributed by atoms with van der Waals surface area (Å²) in [5, 5.41) is 3.01. The summed E-state index contributed by atoms with van der Waals surface area (Å²) >= 11 is 1.20. The minimum Gasteiger partial charge on any atom is -0.302 e. The molecular weight excluding hydrogens is 341 g/mol. The molecule has 0 bridgehead atoms. The molecule has 0 radical (unpaired) electrons. The fourth-order valence-electron chi connectivity index (χ4n) is 2.63. The largest absolute Gasteiger partial charge is 0.302 e. The van der Waals surface area contributed by atoms with Gasteiger partial charge in [0, 0.05) is 13.1 Å². The Balaban J connectivity index is 1.74. The van der Waals surface area contributed by atoms with Crippen LogP contribution in [0.3, 0.4) is 0 Å². The lowest BCUT2D eigenvalue weighted by atomic mass is 9.99. The maximum atomic E-state index is 13.6. The molecule has 1 atom stereocenters. The van der Waals surface area contributed by atoms with Crippen LogP contribution < -0.4 is 5.32 Å². The van der Waals surface area contributed by atoms with Gasteiger partial charge in [-0.2, -0.15) is 0 Å². The topological polar surface area (TPSA) is 79.4 Å². The van der Waals surface area contributed by atoms with Crippen molar-refractivity contribution < 1.29 is 17.6 Å². The van der Waals surface area contributed by atoms with Crippen molar-refractivity contribution in [2.45, 2.75) is 12.8 Å². The lowest BCUT2D eigenvalue weighted by Gasteiger charge is -2.29. The van der Waals surface area contributed by atoms with E-state index in [2.05, 4.69) is 10.3 Å². The highest BCUT2D eigenvalue weighted by Gasteiger charge is 2.30. The Labute approximate surface area is 137 Å². The van der Waals surface area contributed by atoms with Crippen LogP contribution in [0.5, 0.6) is 0 Å². The van der Waals surface area contributed by atoms with Crippen LogP contribution in [0.25, 0.3) is 10.2 Å². The summed E-state index contributed by atoms with van der Waals surface area (Å²) in [6.45, 7) is 0.610. The zero-order chi connectivity index (χ0) is 16.6. The van der Waals surface area contributed by atoms with Gasteiger partial charge in [0.15, 0.2) is 5.13 Å². The molecule has 0 spiro atoms. The molecule has 0 aliphatic carbocycles. The first-order chi connectivity index (χ1) is 10.8. The number of nitrogens with zero attached hydrogens (tertiary/aromatic N) is 2. The van der Waals surface area contributed by atoms with E-state index in [1.807, 2.05) is 0 Å². The van der Waals surface area contributed by atoms with Gasteiger partial charge in [-0.3, -0.25) is 4.79 Å². The number of halogens is 1. The number of piperidine rings is 1. The van der Waals surface area contributed by atoms with Gasteiger partial charge in [0.2, 0.25) is 15.9 Å². The number of amides is 1. The molecule has 2 heterocycles. The lowest BCUT2D eigenvalue weighted by Crippen LogP contribution is -2.43. The van der Waals surface area contributed by atoms with Crippen LogP contribution >= 0.6 is 11.3 Å². The Morgan fingerprint density at radius 1 is 1.48 bits per heavy atom. The molecule has 23 heavy (non-hydrogen) atoms. The van der Waals surface area contributed by atoms with Crippen LogP contribution in [-0.4, -0.2) is 43.0 Å². The summed E-state index contributed by atoms with van der Waals surface area (Å²) in [4.78, 5) is 16.4. The van der Waals surface area contributed by atoms with Gasteiger partial charge in [-0.1, -0.05) is 17.4 Å². The molecule has 3 rings (SSSR count). The van der Waals surface area contributed by atoms with Gasteiger partial charge in [-0.15, -0.1) is 0 Å². The lowest BCUT2D eigenvalue weighted by molar-refractivity contribution is -0.120. The first-order valence-electron chi connectivity index (χ1n) is 7.15. The van der Waals surface area contributed by atoms with Crippen LogP contribution in [-0.2, 0) is 14.8 Å². The number of carbonyl (C=O) groups excluding carboxylic acids is 1. The number of carbonyl (C=O) groups is 1. The fraction of sp³-hybridized carbons (Fsp3) is 0.429. The third kappa shape index (κ3) is 3.51. The number of fused-ring (bicyclic) bond motifs is 1. The molecule has 1 saturated heterocycles. The maximum absolute atomic E-state index is 13.6. The van der Waals surface area contributed by atoms with Gasteiger partial charge in [0.1, 0.15) is 11.3 Å². The summed E-state index contributed by atoms with van der Waals surface area (Å²) in [7, 11) is -3.30. The number of benzene rings is 1. The van der Waals surface area contributed by atoms with E-state index < -0.39 is 21.8 Å². The van der Waals surface area contributed by atoms with Crippen molar-refractivity contribution in [2.24, 2.45) is 5.92 Å². The maximum Gasteiger partial charge on any atom is 0.230 e. The van der Waals surface area contributed by atoms with Gasteiger partial charge in [-0.05, 0) is 25.0 Å². The summed E-state index contributed by atoms with van der Waals surface area (Å²) in [5.74, 6) is -1.13. The van der Waals surface area contributed by atoms with Gasteiger partial charge in [-0.25, -0.2) is 22.1 Å². The van der Waals surface area contributed by atoms with Crippen molar-refractivity contribution in [3.8, 4) is 0 Å². The average molecular weight is 357 g/mol. The molecular formula is C14H16FN3O3S2. The van der Waals surface area contributed by atoms with Crippen LogP contribution in [0, 0.1) is 11.7 Å². The third-order valence-electron chi connectivity index (χ3n) is 3.82. The molecule has 9 heteroatoms. The predicted molar refractivity (Wildman–Crippen MR) is 87.3 cm³/mol. The monoisotopic (exact) mass is 357 g/mol. The SMILES string of the molecule is CS(=O)(=O)N1CCC[C@@H](C(=O)Nc2nc3c(F)cccc3s2)C1. The van der Waals surface area contributed by atoms with E-state index in [-0.39, 0.29) is 18.0 Å². The Morgan fingerprint density at radius 3 is 2.96 bits per heavy atom. The number of anilines is 1. The minimum atomic E-state index is -3.30. The number of hydrogen-bond acceptors (Lipinski definition) is 5. The van der Waals surface area contributed by atoms with Crippen LogP contribution in [0.1, 0.15) is 12.8 Å². The molecule has 2 aromatic rings. The second-order valence-electron chi connectivity index (χ2n) is 5.56. The zero-order valence-corrected chi connectivity index (χ0v) is 14.1. The van der Waals surface area contributed by atoms with Crippen molar-refractivity contribution >= 4 is 42.6 Å². The second kappa shape index (κ2) is 6.14. The first kappa shape index (κ1) is 16.3. The summed E-state index contributed by atoms with van der Waals surface area (Å²) in [6, 6.07) is 4.64. The summed E-state index contributed by atoms with van der Waals surface area (Å²) < 4.78 is 38.8. The number of aromatic nitrogens is 1. The zero-order valence-electron chi connectivity index (χ0n) is 12.5. The molecule has 0 unspecified atom stereocenters. The number of nitrogens with one attached hydrogen (secondary N) is 1. The number of sulfonamides is 1. The van der Waals surface area contributed by atoms with E-state index in [0.717, 1.165) is 6.26 Å². The van der Waals surface area contributed by atoms with Crippen molar-refractivity contribution in [1.82, 2.24) is 9.29 Å². The fourth-order valence-corrected chi connectivity index (χ4v) is 4.43. The smallest absolute Gasteiger partial charge is 0.230 e. The van der Waals surface area contributed by atoms with E-state index in [9.17, 15) is 17.6 Å². The predicted octanol–water partition coefficient (Wildman–Crippen LogP) is 2.05. The third-order valence-corrected chi connectivity index (χ3v) is 6.03. The highest BCUT2D eigenvalue weighted by atomic mass is 32.2. The molecule has 0 saturated carbocycles. The minimum absolute atomic E-state index is 0.171. The van der Waals surface area contributed by atoms with E-state index in [1.165, 1.54) is 21.7 Å². The van der Waals surface area contributed by atoms with Gasteiger partial charge in [0.25, 0.3) is 0 Å². The van der Waals surface area contributed by atoms with E-state index in [0.29, 0.717) is 29.2 Å². The second-order valence-corrected chi connectivity index (χ2v) is 8.57. The molecule has 1 fully saturated rings. The summed E-state index contributed by atoms with van der Waals surface area (Å²) in [6.07, 6.45) is 2.40. The summed E-state index contributed by atoms with van der Waals surface area (Å²) in [5.41, 5.74) is 0.231. The Kier molecular flexibility index (Phi) is 4.35. The molecule has 6 nitrogen and oxygen atoms in total. The number of rotatable bonds is 3. The highest BCUT2D eigenvalue weighted by molar-refractivity contribution is 7.88. The van der Waals surface area contributed by atoms with Crippen LogP contribution in [0.15, 0.2) is 18.2 Å². The molecule has 1 aromatic carbocycles. The quantitative estimate of drug-likeness (QED) is 0.912. The van der Waals surface area contributed by atoms with Crippen molar-refractivity contribution in [3.05, 3.63) is 24.0 Å². The van der Waals surface area contributed by atoms with E-state index in [4.69, 9.17) is 0 Å². The molecule has 1 amide bonds. The standard InChI is InChI=1S/C14H16FN3O3S2/c1-23(20,21)18-7-3-4-9(8-18)13(19)17-14-16-12-10(15)5-2-6-11(12)22-14/h2,5-6,9H,3-4,7-8H2,1H3,(H,16,17,19)/t9-/m1/s1. The molecule has 1 aliphatic heterocycles. The average Bonchev–Trinajstić information content (AvgIpc) is 2.90. The van der Waals surface area contributed by atoms with E-state index >= 15 is 0 Å². The van der Waals surface area contributed by atoms with Crippen molar-refractivity contribution in [2.75, 3.05) is 24.7 Å². The van der Waals surface area contributed by atoms with Gasteiger partial charge in [0.05, 0.1) is 16.9 Å². The normalized spacial score (nSPS) is 19.8. The Bertz CT molecular complexity index is 850. The van der Waals surface area contributed by atoms with E-state index in [1.54, 1.807) is 12.1 Å². The van der Waals surface area contributed by atoms with Gasteiger partial charge < -0.3 is 5.32 Å². The first-order valence-corrected chi connectivity index (χ1v) is 9.82. The van der Waals surface area contributed by atoms with Crippen molar-refractivity contribution in [1.29, 1.82) is 0 Å². The Morgan fingerprint density at radius 2 is 2.26 bits per heavy atom. The molecule has 1 aromatic heterocycles. The molecule has 1 N–H and O–H groups in total. The molecule has 124 valence electrons. The van der Waals surface area contributed by atoms with Crippen molar-refractivity contribution in [3.63, 3.8) is 0 Å². The number of hydrogen-bond donors (Lipinski definition) is 1. The molecule has 1 aliphatic rings. The number of thiazole rings is 1. The number of para-hydroxylation sites is 1. The Hall–Kier alpha value is -1.58. The van der Waals surface area contributed by atoms with Gasteiger partial charge >= 0.3 is 0 Å². The highest BCUT2D eigenvalue weighted by Crippen LogP contribution is 2.28. The van der Waals surface area contributed by atoms with Crippen LogP contribution in [0.4, 0.5) is 9.52 Å².